The average Bonchev–Trinajstić information content (AvgIpc) is 3.09. The number of hydrazone groups is 1. The quantitative estimate of drug-likeness (QED) is 0.260. The summed E-state index contributed by atoms with van der Waals surface area (Å²) in [4.78, 5) is 35.1. The van der Waals surface area contributed by atoms with E-state index < -0.39 is 10.8 Å². The number of halogens is 1. The highest BCUT2D eigenvalue weighted by Crippen LogP contribution is 2.34. The summed E-state index contributed by atoms with van der Waals surface area (Å²) in [6.07, 6.45) is 2.93. The highest BCUT2D eigenvalue weighted by atomic mass is 35.5. The van der Waals surface area contributed by atoms with E-state index in [0.29, 0.717) is 27.4 Å². The molecule has 3 aromatic carbocycles. The van der Waals surface area contributed by atoms with Gasteiger partial charge in [-0.05, 0) is 48.0 Å². The van der Waals surface area contributed by atoms with Crippen molar-refractivity contribution in [3.05, 3.63) is 104 Å². The second kappa shape index (κ2) is 8.83. The molecule has 0 fully saturated rings. The van der Waals surface area contributed by atoms with Crippen LogP contribution in [0.15, 0.2) is 71.8 Å². The third kappa shape index (κ3) is 4.40. The van der Waals surface area contributed by atoms with Crippen molar-refractivity contribution >= 4 is 52.7 Å². The maximum atomic E-state index is 12.3. The van der Waals surface area contributed by atoms with E-state index in [0.717, 1.165) is 5.56 Å². The molecule has 158 valence electrons. The van der Waals surface area contributed by atoms with Crippen molar-refractivity contribution < 1.29 is 14.5 Å². The Morgan fingerprint density at radius 3 is 2.59 bits per heavy atom. The number of amides is 2. The van der Waals surface area contributed by atoms with Gasteiger partial charge in [-0.15, -0.1) is 0 Å². The summed E-state index contributed by atoms with van der Waals surface area (Å²) in [5.41, 5.74) is 5.46. The predicted octanol–water partition coefficient (Wildman–Crippen LogP) is 4.50. The first-order valence-corrected chi connectivity index (χ1v) is 9.80. The molecule has 8 nitrogen and oxygen atoms in total. The topological polar surface area (TPSA) is 114 Å². The van der Waals surface area contributed by atoms with Crippen molar-refractivity contribution in [1.29, 1.82) is 0 Å². The van der Waals surface area contributed by atoms with Gasteiger partial charge in [0.2, 0.25) is 0 Å². The number of nitro benzene ring substituents is 1. The summed E-state index contributed by atoms with van der Waals surface area (Å²) in [5.74, 6) is -0.705. The number of anilines is 1. The maximum absolute atomic E-state index is 12.3. The van der Waals surface area contributed by atoms with Crippen LogP contribution in [0, 0.1) is 10.1 Å². The van der Waals surface area contributed by atoms with E-state index in [1.807, 2.05) is 0 Å². The van der Waals surface area contributed by atoms with E-state index in [2.05, 4.69) is 15.8 Å². The molecule has 0 aliphatic carbocycles. The molecule has 0 aromatic heterocycles. The van der Waals surface area contributed by atoms with Crippen molar-refractivity contribution in [2.45, 2.75) is 0 Å². The van der Waals surface area contributed by atoms with E-state index >= 15 is 0 Å². The number of hydrogen-bond acceptors (Lipinski definition) is 5. The molecule has 2 N–H and O–H groups in total. The van der Waals surface area contributed by atoms with Gasteiger partial charge in [-0.3, -0.25) is 19.7 Å². The standard InChI is InChI=1S/C23H15ClN4O4/c24-17-9-10-20-18(12-17)19(23(30)26-20)11-14-5-7-15(8-6-14)22(29)27-25-13-16-3-1-2-4-21(16)28(31)32/h1-13H,(H,26,30)(H,27,29)/b19-11+,25-13+. The third-order valence-electron chi connectivity index (χ3n) is 4.75. The number of hydrogen-bond donors (Lipinski definition) is 2. The van der Waals surface area contributed by atoms with Gasteiger partial charge in [-0.2, -0.15) is 5.10 Å². The lowest BCUT2D eigenvalue weighted by molar-refractivity contribution is -0.385. The van der Waals surface area contributed by atoms with Crippen LogP contribution in [0.25, 0.3) is 11.6 Å². The lowest BCUT2D eigenvalue weighted by atomic mass is 10.0. The van der Waals surface area contributed by atoms with Crippen LogP contribution in [0.4, 0.5) is 11.4 Å². The zero-order valence-corrected chi connectivity index (χ0v) is 17.2. The number of fused-ring (bicyclic) bond motifs is 1. The molecule has 1 aliphatic heterocycles. The monoisotopic (exact) mass is 446 g/mol. The molecule has 32 heavy (non-hydrogen) atoms. The molecule has 2 amide bonds. The van der Waals surface area contributed by atoms with Gasteiger partial charge in [0.15, 0.2) is 0 Å². The van der Waals surface area contributed by atoms with E-state index in [9.17, 15) is 19.7 Å². The molecule has 3 aromatic rings. The molecule has 0 saturated carbocycles. The number of carbonyl (C=O) groups excluding carboxylic acids is 2. The summed E-state index contributed by atoms with van der Waals surface area (Å²) in [6, 6.07) is 17.8. The van der Waals surface area contributed by atoms with Gasteiger partial charge >= 0.3 is 0 Å². The van der Waals surface area contributed by atoms with E-state index in [1.165, 1.54) is 18.3 Å². The molecule has 1 aliphatic rings. The minimum atomic E-state index is -0.520. The number of nitrogens with zero attached hydrogens (tertiary/aromatic N) is 2. The molecule has 4 rings (SSSR count). The minimum absolute atomic E-state index is 0.110. The number of nitrogens with one attached hydrogen (secondary N) is 2. The first-order chi connectivity index (χ1) is 15.4. The molecular weight excluding hydrogens is 432 g/mol. The summed E-state index contributed by atoms with van der Waals surface area (Å²) < 4.78 is 0. The Hall–Kier alpha value is -4.30. The van der Waals surface area contributed by atoms with Crippen LogP contribution in [-0.2, 0) is 4.79 Å². The number of nitro groups is 1. The second-order valence-electron chi connectivity index (χ2n) is 6.84. The van der Waals surface area contributed by atoms with E-state index in [4.69, 9.17) is 11.6 Å². The summed E-state index contributed by atoms with van der Waals surface area (Å²) in [7, 11) is 0. The Morgan fingerprint density at radius 2 is 1.84 bits per heavy atom. The highest BCUT2D eigenvalue weighted by Gasteiger charge is 2.24. The highest BCUT2D eigenvalue weighted by molar-refractivity contribution is 6.36. The van der Waals surface area contributed by atoms with Crippen molar-refractivity contribution in [2.75, 3.05) is 5.32 Å². The van der Waals surface area contributed by atoms with Crippen molar-refractivity contribution in [3.8, 4) is 0 Å². The molecule has 0 atom stereocenters. The van der Waals surface area contributed by atoms with Crippen LogP contribution in [0.1, 0.15) is 27.0 Å². The summed E-state index contributed by atoms with van der Waals surface area (Å²) >= 11 is 6.04. The molecular formula is C23H15ClN4O4. The summed E-state index contributed by atoms with van der Waals surface area (Å²) in [5, 5.41) is 18.1. The normalized spacial score (nSPS) is 13.8. The SMILES string of the molecule is O=C1Nc2ccc(Cl)cc2/C1=C\c1ccc(C(=O)N/N=C/c2ccccc2[N+](=O)[O-])cc1. The van der Waals surface area contributed by atoms with Crippen LogP contribution in [0.3, 0.4) is 0 Å². The molecule has 0 bridgehead atoms. The fourth-order valence-corrected chi connectivity index (χ4v) is 3.36. The van der Waals surface area contributed by atoms with E-state index in [-0.39, 0.29) is 17.2 Å². The predicted molar refractivity (Wildman–Crippen MR) is 123 cm³/mol. The molecule has 0 unspecified atom stereocenters. The molecule has 0 radical (unpaired) electrons. The Labute approximate surface area is 187 Å². The van der Waals surface area contributed by atoms with Gasteiger partial charge < -0.3 is 5.32 Å². The summed E-state index contributed by atoms with van der Waals surface area (Å²) in [6.45, 7) is 0. The van der Waals surface area contributed by atoms with Crippen LogP contribution in [0.2, 0.25) is 5.02 Å². The van der Waals surface area contributed by atoms with Gasteiger partial charge in [0.05, 0.1) is 16.7 Å². The van der Waals surface area contributed by atoms with Crippen molar-refractivity contribution in [1.82, 2.24) is 5.43 Å². The maximum Gasteiger partial charge on any atom is 0.278 e. The fraction of sp³-hybridized carbons (Fsp3) is 0. The number of carbonyl (C=O) groups is 2. The molecule has 1 heterocycles. The van der Waals surface area contributed by atoms with Gasteiger partial charge in [0.25, 0.3) is 17.5 Å². The van der Waals surface area contributed by atoms with Crippen LogP contribution >= 0.6 is 11.6 Å². The van der Waals surface area contributed by atoms with Crippen LogP contribution < -0.4 is 10.7 Å². The number of rotatable bonds is 5. The van der Waals surface area contributed by atoms with Gasteiger partial charge in [-0.1, -0.05) is 35.9 Å². The molecule has 9 heteroatoms. The van der Waals surface area contributed by atoms with Gasteiger partial charge in [0.1, 0.15) is 0 Å². The molecule has 0 saturated heterocycles. The lowest BCUT2D eigenvalue weighted by Gasteiger charge is -2.02. The van der Waals surface area contributed by atoms with Crippen LogP contribution in [0.5, 0.6) is 0 Å². The third-order valence-corrected chi connectivity index (χ3v) is 4.99. The Bertz CT molecular complexity index is 1300. The number of para-hydroxylation sites is 1. The first-order valence-electron chi connectivity index (χ1n) is 9.42. The van der Waals surface area contributed by atoms with Gasteiger partial charge in [0, 0.05) is 33.5 Å². The lowest BCUT2D eigenvalue weighted by Crippen LogP contribution is -2.17. The van der Waals surface area contributed by atoms with Crippen molar-refractivity contribution in [2.24, 2.45) is 5.10 Å². The van der Waals surface area contributed by atoms with Gasteiger partial charge in [-0.25, -0.2) is 5.43 Å². The zero-order chi connectivity index (χ0) is 22.7. The van der Waals surface area contributed by atoms with E-state index in [1.54, 1.807) is 60.7 Å². The Kier molecular flexibility index (Phi) is 5.78. The second-order valence-corrected chi connectivity index (χ2v) is 7.28. The minimum Gasteiger partial charge on any atom is -0.321 e. The number of benzene rings is 3. The zero-order valence-electron chi connectivity index (χ0n) is 16.4. The smallest absolute Gasteiger partial charge is 0.278 e. The van der Waals surface area contributed by atoms with Crippen LogP contribution in [-0.4, -0.2) is 23.0 Å². The average molecular weight is 447 g/mol. The Morgan fingerprint density at radius 1 is 1.09 bits per heavy atom. The largest absolute Gasteiger partial charge is 0.321 e. The fourth-order valence-electron chi connectivity index (χ4n) is 3.19. The first kappa shape index (κ1) is 21.0. The van der Waals surface area contributed by atoms with Crippen molar-refractivity contribution in [3.63, 3.8) is 0 Å². The Balaban J connectivity index is 1.47. The molecule has 0 spiro atoms.